The maximum atomic E-state index is 12.6. The number of nitrogens with zero attached hydrogens (tertiary/aromatic N) is 3. The van der Waals surface area contributed by atoms with Gasteiger partial charge in [0.05, 0.1) is 36.2 Å². The van der Waals surface area contributed by atoms with Crippen LogP contribution in [0.25, 0.3) is 5.69 Å². The quantitative estimate of drug-likeness (QED) is 0.497. The highest BCUT2D eigenvalue weighted by Gasteiger charge is 2.20. The van der Waals surface area contributed by atoms with E-state index in [4.69, 9.17) is 21.1 Å². The molecule has 0 unspecified atom stereocenters. The van der Waals surface area contributed by atoms with Crippen molar-refractivity contribution < 1.29 is 19.2 Å². The van der Waals surface area contributed by atoms with Crippen LogP contribution in [0, 0.1) is 10.1 Å². The summed E-state index contributed by atoms with van der Waals surface area (Å²) in [6, 6.07) is 7.17. The molecule has 9 nitrogen and oxygen atoms in total. The topological polar surface area (TPSA) is 109 Å². The highest BCUT2D eigenvalue weighted by atomic mass is 35.5. The van der Waals surface area contributed by atoms with Crippen molar-refractivity contribution in [3.8, 4) is 17.2 Å². The van der Waals surface area contributed by atoms with E-state index in [0.717, 1.165) is 0 Å². The lowest BCUT2D eigenvalue weighted by atomic mass is 10.1. The number of amides is 1. The first-order valence-electron chi connectivity index (χ1n) is 7.94. The molecule has 0 saturated carbocycles. The van der Waals surface area contributed by atoms with Crippen LogP contribution in [0.15, 0.2) is 49.1 Å². The molecular weight excluding hydrogens is 388 g/mol. The third-order valence-corrected chi connectivity index (χ3v) is 4.23. The van der Waals surface area contributed by atoms with E-state index >= 15 is 0 Å². The lowest BCUT2D eigenvalue weighted by molar-refractivity contribution is -0.384. The lowest BCUT2D eigenvalue weighted by Crippen LogP contribution is -2.13. The summed E-state index contributed by atoms with van der Waals surface area (Å²) in [5.74, 6) is 0.163. The lowest BCUT2D eigenvalue weighted by Gasteiger charge is -2.13. The molecular formula is C18H15ClN4O5. The fourth-order valence-electron chi connectivity index (χ4n) is 2.58. The van der Waals surface area contributed by atoms with Crippen molar-refractivity contribution >= 4 is 28.9 Å². The number of aromatic nitrogens is 2. The summed E-state index contributed by atoms with van der Waals surface area (Å²) in [5.41, 5.74) is 0.471. The van der Waals surface area contributed by atoms with Gasteiger partial charge in [0.1, 0.15) is 17.2 Å². The van der Waals surface area contributed by atoms with Crippen LogP contribution < -0.4 is 14.8 Å². The molecule has 1 heterocycles. The van der Waals surface area contributed by atoms with E-state index in [0.29, 0.717) is 22.9 Å². The standard InChI is InChI=1S/C18H15ClN4O5/c1-27-16-9-17(28-2)13(8-12(16)19)21-18(24)11-3-4-14(15(7-11)23(25)26)22-6-5-20-10-22/h3-10H,1-2H3,(H,21,24). The number of anilines is 1. The molecule has 0 aliphatic carbocycles. The van der Waals surface area contributed by atoms with Crippen molar-refractivity contribution in [1.82, 2.24) is 9.55 Å². The fraction of sp³-hybridized carbons (Fsp3) is 0.111. The Morgan fingerprint density at radius 3 is 2.57 bits per heavy atom. The van der Waals surface area contributed by atoms with Gasteiger partial charge in [0.15, 0.2) is 0 Å². The smallest absolute Gasteiger partial charge is 0.294 e. The highest BCUT2D eigenvalue weighted by Crippen LogP contribution is 2.36. The van der Waals surface area contributed by atoms with Gasteiger partial charge in [-0.25, -0.2) is 4.98 Å². The Bertz CT molecular complexity index is 1040. The second kappa shape index (κ2) is 7.97. The summed E-state index contributed by atoms with van der Waals surface area (Å²) in [4.78, 5) is 27.4. The molecule has 1 N–H and O–H groups in total. The van der Waals surface area contributed by atoms with E-state index in [1.165, 1.54) is 61.6 Å². The Morgan fingerprint density at radius 2 is 1.96 bits per heavy atom. The maximum Gasteiger partial charge on any atom is 0.294 e. The minimum Gasteiger partial charge on any atom is -0.495 e. The second-order valence-corrected chi connectivity index (χ2v) is 5.98. The van der Waals surface area contributed by atoms with Gasteiger partial charge in [-0.2, -0.15) is 0 Å². The Kier molecular flexibility index (Phi) is 5.46. The number of ether oxygens (including phenoxy) is 2. The molecule has 0 atom stereocenters. The summed E-state index contributed by atoms with van der Waals surface area (Å²) in [6.45, 7) is 0. The number of nitro benzene ring substituents is 1. The van der Waals surface area contributed by atoms with Gasteiger partial charge in [-0.05, 0) is 18.2 Å². The molecule has 28 heavy (non-hydrogen) atoms. The van der Waals surface area contributed by atoms with Crippen molar-refractivity contribution in [3.63, 3.8) is 0 Å². The van der Waals surface area contributed by atoms with Crippen molar-refractivity contribution in [1.29, 1.82) is 0 Å². The molecule has 3 rings (SSSR count). The van der Waals surface area contributed by atoms with E-state index in [1.54, 1.807) is 6.20 Å². The van der Waals surface area contributed by atoms with Crippen molar-refractivity contribution in [2.24, 2.45) is 0 Å². The molecule has 0 fully saturated rings. The summed E-state index contributed by atoms with van der Waals surface area (Å²) in [6.07, 6.45) is 4.52. The molecule has 10 heteroatoms. The van der Waals surface area contributed by atoms with Crippen LogP contribution in [-0.4, -0.2) is 34.6 Å². The number of hydrogen-bond donors (Lipinski definition) is 1. The van der Waals surface area contributed by atoms with E-state index in [9.17, 15) is 14.9 Å². The average Bonchev–Trinajstić information content (AvgIpc) is 3.22. The third-order valence-electron chi connectivity index (χ3n) is 3.94. The number of imidazole rings is 1. The predicted molar refractivity (Wildman–Crippen MR) is 103 cm³/mol. The summed E-state index contributed by atoms with van der Waals surface area (Å²) >= 11 is 6.10. The SMILES string of the molecule is COc1cc(OC)c(NC(=O)c2ccc(-n3ccnc3)c([N+](=O)[O-])c2)cc1Cl. The Hall–Kier alpha value is -3.59. The number of rotatable bonds is 6. The number of methoxy groups -OCH3 is 2. The van der Waals surface area contributed by atoms with E-state index in [-0.39, 0.29) is 16.3 Å². The molecule has 2 aromatic carbocycles. The molecule has 0 aliphatic rings. The Balaban J connectivity index is 1.94. The Morgan fingerprint density at radius 1 is 1.21 bits per heavy atom. The normalized spacial score (nSPS) is 10.4. The minimum atomic E-state index is -0.559. The second-order valence-electron chi connectivity index (χ2n) is 5.57. The van der Waals surface area contributed by atoms with Crippen LogP contribution in [-0.2, 0) is 0 Å². The van der Waals surface area contributed by atoms with Crippen LogP contribution in [0.5, 0.6) is 11.5 Å². The molecule has 0 radical (unpaired) electrons. The number of nitrogens with one attached hydrogen (secondary N) is 1. The van der Waals surface area contributed by atoms with E-state index in [1.807, 2.05) is 0 Å². The molecule has 0 saturated heterocycles. The van der Waals surface area contributed by atoms with Gasteiger partial charge in [-0.3, -0.25) is 14.9 Å². The van der Waals surface area contributed by atoms with E-state index in [2.05, 4.69) is 10.3 Å². The molecule has 144 valence electrons. The van der Waals surface area contributed by atoms with Gasteiger partial charge in [-0.1, -0.05) is 11.6 Å². The average molecular weight is 403 g/mol. The zero-order valence-corrected chi connectivity index (χ0v) is 15.6. The molecule has 0 bridgehead atoms. The van der Waals surface area contributed by atoms with Crippen LogP contribution in [0.3, 0.4) is 0 Å². The van der Waals surface area contributed by atoms with Crippen molar-refractivity contribution in [2.75, 3.05) is 19.5 Å². The van der Waals surface area contributed by atoms with Crippen molar-refractivity contribution in [2.45, 2.75) is 0 Å². The number of hydrogen-bond acceptors (Lipinski definition) is 6. The number of halogens is 1. The first-order valence-corrected chi connectivity index (χ1v) is 8.32. The molecule has 0 aliphatic heterocycles. The summed E-state index contributed by atoms with van der Waals surface area (Å²) < 4.78 is 11.8. The van der Waals surface area contributed by atoms with E-state index < -0.39 is 10.8 Å². The van der Waals surface area contributed by atoms with Crippen molar-refractivity contribution in [3.05, 3.63) is 69.8 Å². The van der Waals surface area contributed by atoms with Gasteiger partial charge in [0.2, 0.25) is 0 Å². The third kappa shape index (κ3) is 3.74. The zero-order valence-electron chi connectivity index (χ0n) is 14.9. The zero-order chi connectivity index (χ0) is 20.3. The number of benzene rings is 2. The number of carbonyl (C=O) groups is 1. The van der Waals surface area contributed by atoms with Gasteiger partial charge in [-0.15, -0.1) is 0 Å². The molecule has 3 aromatic rings. The first-order chi connectivity index (χ1) is 13.4. The fourth-order valence-corrected chi connectivity index (χ4v) is 2.82. The van der Waals surface area contributed by atoms with Gasteiger partial charge >= 0.3 is 0 Å². The van der Waals surface area contributed by atoms with Crippen LogP contribution in [0.2, 0.25) is 5.02 Å². The van der Waals surface area contributed by atoms with Crippen LogP contribution in [0.4, 0.5) is 11.4 Å². The summed E-state index contributed by atoms with van der Waals surface area (Å²) in [5, 5.41) is 14.4. The number of carbonyl (C=O) groups excluding carboxylic acids is 1. The largest absolute Gasteiger partial charge is 0.495 e. The van der Waals surface area contributed by atoms with Gasteiger partial charge < -0.3 is 19.4 Å². The summed E-state index contributed by atoms with van der Waals surface area (Å²) in [7, 11) is 2.89. The number of nitro groups is 1. The highest BCUT2D eigenvalue weighted by molar-refractivity contribution is 6.32. The van der Waals surface area contributed by atoms with Crippen LogP contribution in [0.1, 0.15) is 10.4 Å². The Labute approximate surface area is 164 Å². The van der Waals surface area contributed by atoms with Gasteiger partial charge in [0.25, 0.3) is 11.6 Å². The van der Waals surface area contributed by atoms with Gasteiger partial charge in [0, 0.05) is 30.1 Å². The predicted octanol–water partition coefficient (Wildman–Crippen LogP) is 3.70. The van der Waals surface area contributed by atoms with Crippen LogP contribution >= 0.6 is 11.6 Å². The molecule has 1 aromatic heterocycles. The monoisotopic (exact) mass is 402 g/mol. The minimum absolute atomic E-state index is 0.101. The first kappa shape index (κ1) is 19.2. The maximum absolute atomic E-state index is 12.6. The molecule has 1 amide bonds. The molecule has 0 spiro atoms.